The third-order valence-corrected chi connectivity index (χ3v) is 5.03. The van der Waals surface area contributed by atoms with E-state index >= 15 is 0 Å². The smallest absolute Gasteiger partial charge is 0.134 e. The Labute approximate surface area is 141 Å². The monoisotopic (exact) mass is 343 g/mol. The third kappa shape index (κ3) is 3.25. The highest BCUT2D eigenvalue weighted by molar-refractivity contribution is 7.13. The molecule has 0 aliphatic rings. The minimum absolute atomic E-state index is 0.533. The van der Waals surface area contributed by atoms with E-state index in [1.54, 1.807) is 6.08 Å². The number of hydrogen-bond donors (Lipinski definition) is 0. The van der Waals surface area contributed by atoms with Crippen molar-refractivity contribution in [2.45, 2.75) is 6.92 Å². The Kier molecular flexibility index (Phi) is 4.34. The first-order chi connectivity index (χ1) is 10.7. The molecule has 0 N–H and O–H groups in total. The molecule has 3 rings (SSSR count). The van der Waals surface area contributed by atoms with Crippen LogP contribution in [0.25, 0.3) is 22.2 Å². The van der Waals surface area contributed by atoms with Gasteiger partial charge in [0.2, 0.25) is 0 Å². The lowest BCUT2D eigenvalue weighted by atomic mass is 10.2. The summed E-state index contributed by atoms with van der Waals surface area (Å²) in [6.07, 6.45) is 1.77. The highest BCUT2D eigenvalue weighted by Crippen LogP contribution is 2.27. The minimum Gasteiger partial charge on any atom is -0.241 e. The van der Waals surface area contributed by atoms with Gasteiger partial charge in [-0.25, -0.2) is 9.97 Å². The number of hydrogen-bond acceptors (Lipinski definition) is 5. The quantitative estimate of drug-likeness (QED) is 0.607. The van der Waals surface area contributed by atoms with E-state index in [1.165, 1.54) is 22.7 Å². The molecule has 0 radical (unpaired) electrons. The largest absolute Gasteiger partial charge is 0.241 e. The summed E-state index contributed by atoms with van der Waals surface area (Å²) in [4.78, 5) is 8.90. The van der Waals surface area contributed by atoms with Gasteiger partial charge >= 0.3 is 0 Å². The van der Waals surface area contributed by atoms with Gasteiger partial charge in [0.1, 0.15) is 16.1 Å². The molecule has 2 heterocycles. The van der Waals surface area contributed by atoms with Gasteiger partial charge in [0, 0.05) is 27.0 Å². The van der Waals surface area contributed by atoms with Crippen LogP contribution in [-0.4, -0.2) is 9.97 Å². The van der Waals surface area contributed by atoms with Gasteiger partial charge in [0.15, 0.2) is 0 Å². The summed E-state index contributed by atoms with van der Waals surface area (Å²) in [7, 11) is 0. The summed E-state index contributed by atoms with van der Waals surface area (Å²) in [5.41, 5.74) is 3.23. The van der Waals surface area contributed by atoms with Crippen molar-refractivity contribution in [2.75, 3.05) is 0 Å². The molecule has 0 aliphatic carbocycles. The molecule has 0 unspecified atom stereocenters. The van der Waals surface area contributed by atoms with Crippen LogP contribution >= 0.6 is 34.3 Å². The van der Waals surface area contributed by atoms with Crippen LogP contribution in [0.5, 0.6) is 0 Å². The van der Waals surface area contributed by atoms with Gasteiger partial charge in [0.05, 0.1) is 11.3 Å². The Hall–Kier alpha value is -2.00. The van der Waals surface area contributed by atoms with Crippen molar-refractivity contribution < 1.29 is 0 Å². The molecule has 3 nitrogen and oxygen atoms in total. The van der Waals surface area contributed by atoms with Crippen LogP contribution in [0.4, 0.5) is 0 Å². The van der Waals surface area contributed by atoms with Gasteiger partial charge in [-0.15, -0.1) is 22.7 Å². The first-order valence-electron chi connectivity index (χ1n) is 6.41. The first kappa shape index (κ1) is 14.9. The van der Waals surface area contributed by atoms with Crippen molar-refractivity contribution in [3.63, 3.8) is 0 Å². The van der Waals surface area contributed by atoms with E-state index < -0.39 is 0 Å². The van der Waals surface area contributed by atoms with Crippen LogP contribution in [0.15, 0.2) is 35.0 Å². The number of nitriles is 1. The van der Waals surface area contributed by atoms with E-state index in [4.69, 9.17) is 11.6 Å². The van der Waals surface area contributed by atoms with Gasteiger partial charge in [-0.3, -0.25) is 0 Å². The van der Waals surface area contributed by atoms with E-state index in [0.717, 1.165) is 27.0 Å². The number of aryl methyl sites for hydroxylation is 1. The average Bonchev–Trinajstić information content (AvgIpc) is 3.15. The number of allylic oxidation sites excluding steroid dienone is 1. The maximum atomic E-state index is 9.31. The second kappa shape index (κ2) is 6.41. The minimum atomic E-state index is 0.533. The fourth-order valence-electron chi connectivity index (χ4n) is 1.84. The lowest BCUT2D eigenvalue weighted by molar-refractivity contribution is 1.24. The second-order valence-electron chi connectivity index (χ2n) is 4.55. The number of thiazole rings is 2. The van der Waals surface area contributed by atoms with E-state index in [-0.39, 0.29) is 0 Å². The molecule has 0 atom stereocenters. The standard InChI is InChI=1S/C16H10ClN3S2/c1-10-8-21-16(19-10)12(7-18)6-14-9-22-15(20-14)11-2-4-13(17)5-3-11/h2-6,8-9H,1H3/b12-6+. The highest BCUT2D eigenvalue weighted by atomic mass is 35.5. The highest BCUT2D eigenvalue weighted by Gasteiger charge is 2.08. The molecule has 0 saturated heterocycles. The number of rotatable bonds is 3. The predicted octanol–water partition coefficient (Wildman–Crippen LogP) is 5.29. The van der Waals surface area contributed by atoms with Crippen molar-refractivity contribution in [3.8, 4) is 16.6 Å². The summed E-state index contributed by atoms with van der Waals surface area (Å²) < 4.78 is 0. The summed E-state index contributed by atoms with van der Waals surface area (Å²) in [6.45, 7) is 1.91. The number of nitrogens with zero attached hydrogens (tertiary/aromatic N) is 3. The van der Waals surface area contributed by atoms with Crippen LogP contribution < -0.4 is 0 Å². The van der Waals surface area contributed by atoms with Crippen LogP contribution in [0.2, 0.25) is 5.02 Å². The Morgan fingerprint density at radius 1 is 1.18 bits per heavy atom. The molecule has 3 aromatic rings. The Morgan fingerprint density at radius 2 is 1.95 bits per heavy atom. The van der Waals surface area contributed by atoms with Crippen LogP contribution in [0.1, 0.15) is 16.4 Å². The van der Waals surface area contributed by atoms with Crippen LogP contribution in [0.3, 0.4) is 0 Å². The molecule has 0 amide bonds. The Bertz CT molecular complexity index is 869. The molecular weight excluding hydrogens is 334 g/mol. The Balaban J connectivity index is 1.91. The molecule has 0 bridgehead atoms. The molecular formula is C16H10ClN3S2. The molecule has 22 heavy (non-hydrogen) atoms. The predicted molar refractivity (Wildman–Crippen MR) is 92.9 cm³/mol. The van der Waals surface area contributed by atoms with Gasteiger partial charge < -0.3 is 0 Å². The lowest BCUT2D eigenvalue weighted by Crippen LogP contribution is -1.82. The summed E-state index contributed by atoms with van der Waals surface area (Å²) >= 11 is 8.89. The number of benzene rings is 1. The summed E-state index contributed by atoms with van der Waals surface area (Å²) in [5.74, 6) is 0. The number of aromatic nitrogens is 2. The van der Waals surface area contributed by atoms with Crippen molar-refractivity contribution in [1.29, 1.82) is 5.26 Å². The van der Waals surface area contributed by atoms with Crippen molar-refractivity contribution in [3.05, 3.63) is 56.4 Å². The molecule has 108 valence electrons. The average molecular weight is 344 g/mol. The SMILES string of the molecule is Cc1csc(/C(C#N)=C/c2csc(-c3ccc(Cl)cc3)n2)n1. The van der Waals surface area contributed by atoms with Gasteiger partial charge in [-0.2, -0.15) is 5.26 Å². The summed E-state index contributed by atoms with van der Waals surface area (Å²) in [5, 5.41) is 15.5. The van der Waals surface area contributed by atoms with Crippen LogP contribution in [-0.2, 0) is 0 Å². The molecule has 6 heteroatoms. The molecule has 0 saturated carbocycles. The molecule has 0 fully saturated rings. The fourth-order valence-corrected chi connectivity index (χ4v) is 3.52. The maximum absolute atomic E-state index is 9.31. The summed E-state index contributed by atoms with van der Waals surface area (Å²) in [6, 6.07) is 9.74. The maximum Gasteiger partial charge on any atom is 0.134 e. The zero-order valence-electron chi connectivity index (χ0n) is 11.6. The topological polar surface area (TPSA) is 49.6 Å². The second-order valence-corrected chi connectivity index (χ2v) is 6.70. The van der Waals surface area contributed by atoms with Crippen LogP contribution in [0, 0.1) is 18.3 Å². The van der Waals surface area contributed by atoms with Gasteiger partial charge in [-0.1, -0.05) is 23.7 Å². The van der Waals surface area contributed by atoms with E-state index in [0.29, 0.717) is 10.6 Å². The fraction of sp³-hybridized carbons (Fsp3) is 0.0625. The molecule has 1 aromatic carbocycles. The molecule has 2 aromatic heterocycles. The van der Waals surface area contributed by atoms with Crippen molar-refractivity contribution in [2.24, 2.45) is 0 Å². The lowest BCUT2D eigenvalue weighted by Gasteiger charge is -1.95. The molecule has 0 aliphatic heterocycles. The third-order valence-electron chi connectivity index (χ3n) is 2.88. The van der Waals surface area contributed by atoms with E-state index in [2.05, 4.69) is 16.0 Å². The van der Waals surface area contributed by atoms with Crippen molar-refractivity contribution in [1.82, 2.24) is 9.97 Å². The number of halogens is 1. The zero-order chi connectivity index (χ0) is 15.5. The normalized spacial score (nSPS) is 11.4. The van der Waals surface area contributed by atoms with E-state index in [1.807, 2.05) is 41.9 Å². The van der Waals surface area contributed by atoms with Crippen molar-refractivity contribution >= 4 is 45.9 Å². The van der Waals surface area contributed by atoms with E-state index in [9.17, 15) is 5.26 Å². The first-order valence-corrected chi connectivity index (χ1v) is 8.55. The van der Waals surface area contributed by atoms with Gasteiger partial charge in [-0.05, 0) is 25.1 Å². The zero-order valence-corrected chi connectivity index (χ0v) is 14.0. The molecule has 0 spiro atoms. The van der Waals surface area contributed by atoms with Gasteiger partial charge in [0.25, 0.3) is 0 Å². The Morgan fingerprint density at radius 3 is 2.59 bits per heavy atom.